The van der Waals surface area contributed by atoms with E-state index in [0.717, 1.165) is 24.3 Å². The third kappa shape index (κ3) is 4.39. The summed E-state index contributed by atoms with van der Waals surface area (Å²) in [7, 11) is 3.22. The van der Waals surface area contributed by atoms with Gasteiger partial charge < -0.3 is 19.9 Å². The molecule has 0 aliphatic rings. The topological polar surface area (TPSA) is 50.7 Å². The lowest BCUT2D eigenvalue weighted by molar-refractivity contribution is 0.373. The minimum atomic E-state index is 0.171. The molecular formula is C17H21NO3. The van der Waals surface area contributed by atoms with Crippen LogP contribution in [0.25, 0.3) is 0 Å². The van der Waals surface area contributed by atoms with Gasteiger partial charge in [0.25, 0.3) is 0 Å². The molecule has 0 fully saturated rings. The van der Waals surface area contributed by atoms with E-state index in [-0.39, 0.29) is 5.75 Å². The number of rotatable bonds is 7. The van der Waals surface area contributed by atoms with Crippen LogP contribution in [0, 0.1) is 0 Å². The van der Waals surface area contributed by atoms with Crippen molar-refractivity contribution in [2.45, 2.75) is 13.0 Å². The highest BCUT2D eigenvalue weighted by Gasteiger charge is 2.02. The molecule has 2 aromatic rings. The van der Waals surface area contributed by atoms with Crippen molar-refractivity contribution >= 4 is 0 Å². The quantitative estimate of drug-likeness (QED) is 0.769. The second-order valence-corrected chi connectivity index (χ2v) is 4.78. The molecule has 0 aromatic heterocycles. The molecule has 0 saturated carbocycles. The van der Waals surface area contributed by atoms with E-state index >= 15 is 0 Å². The number of hydrogen-bond acceptors (Lipinski definition) is 4. The minimum Gasteiger partial charge on any atom is -0.504 e. The largest absolute Gasteiger partial charge is 0.504 e. The third-order valence-corrected chi connectivity index (χ3v) is 3.30. The van der Waals surface area contributed by atoms with Crippen molar-refractivity contribution in [3.63, 3.8) is 0 Å². The van der Waals surface area contributed by atoms with Crippen molar-refractivity contribution in [1.82, 2.24) is 5.32 Å². The smallest absolute Gasteiger partial charge is 0.160 e. The Bertz CT molecular complexity index is 584. The first kappa shape index (κ1) is 15.2. The fourth-order valence-corrected chi connectivity index (χ4v) is 2.14. The van der Waals surface area contributed by atoms with Crippen LogP contribution in [-0.2, 0) is 13.0 Å². The Morgan fingerprint density at radius 2 is 1.86 bits per heavy atom. The molecule has 0 atom stereocenters. The predicted octanol–water partition coefficient (Wildman–Crippen LogP) is 2.74. The second-order valence-electron chi connectivity index (χ2n) is 4.78. The molecular weight excluding hydrogens is 266 g/mol. The van der Waals surface area contributed by atoms with Gasteiger partial charge in [-0.15, -0.1) is 0 Å². The number of methoxy groups -OCH3 is 2. The molecule has 2 N–H and O–H groups in total. The molecule has 112 valence electrons. The molecule has 21 heavy (non-hydrogen) atoms. The molecule has 0 radical (unpaired) electrons. The maximum absolute atomic E-state index is 9.72. The molecule has 2 rings (SSSR count). The highest BCUT2D eigenvalue weighted by atomic mass is 16.5. The number of phenols is 1. The van der Waals surface area contributed by atoms with Crippen LogP contribution in [0.4, 0.5) is 0 Å². The monoisotopic (exact) mass is 287 g/mol. The molecule has 0 heterocycles. The van der Waals surface area contributed by atoms with Crippen LogP contribution in [-0.4, -0.2) is 25.9 Å². The first-order valence-corrected chi connectivity index (χ1v) is 6.92. The maximum atomic E-state index is 9.72. The van der Waals surface area contributed by atoms with E-state index < -0.39 is 0 Å². The van der Waals surface area contributed by atoms with Gasteiger partial charge in [0.1, 0.15) is 5.75 Å². The number of aromatic hydroxyl groups is 1. The van der Waals surface area contributed by atoms with Crippen LogP contribution >= 0.6 is 0 Å². The van der Waals surface area contributed by atoms with Crippen molar-refractivity contribution in [1.29, 1.82) is 0 Å². The molecule has 0 saturated heterocycles. The summed E-state index contributed by atoms with van der Waals surface area (Å²) in [5.74, 6) is 1.55. The summed E-state index contributed by atoms with van der Waals surface area (Å²) >= 11 is 0. The van der Waals surface area contributed by atoms with E-state index in [4.69, 9.17) is 9.47 Å². The van der Waals surface area contributed by atoms with E-state index in [2.05, 4.69) is 11.4 Å². The number of benzene rings is 2. The van der Waals surface area contributed by atoms with Gasteiger partial charge in [-0.05, 0) is 48.4 Å². The summed E-state index contributed by atoms with van der Waals surface area (Å²) in [5.41, 5.74) is 2.26. The highest BCUT2D eigenvalue weighted by molar-refractivity contribution is 5.41. The Balaban J connectivity index is 1.80. The molecule has 0 aliphatic heterocycles. The molecule has 0 amide bonds. The molecule has 4 heteroatoms. The van der Waals surface area contributed by atoms with Crippen LogP contribution in [0.1, 0.15) is 11.1 Å². The van der Waals surface area contributed by atoms with E-state index in [1.807, 2.05) is 24.3 Å². The summed E-state index contributed by atoms with van der Waals surface area (Å²) in [6.45, 7) is 1.57. The lowest BCUT2D eigenvalue weighted by Gasteiger charge is -2.08. The van der Waals surface area contributed by atoms with Gasteiger partial charge in [0.15, 0.2) is 11.5 Å². The van der Waals surface area contributed by atoms with Crippen molar-refractivity contribution < 1.29 is 14.6 Å². The number of hydrogen-bond donors (Lipinski definition) is 2. The summed E-state index contributed by atoms with van der Waals surface area (Å²) in [5, 5.41) is 13.1. The molecule has 0 aliphatic carbocycles. The van der Waals surface area contributed by atoms with Gasteiger partial charge in [-0.1, -0.05) is 18.2 Å². The lowest BCUT2D eigenvalue weighted by atomic mass is 10.1. The zero-order valence-electron chi connectivity index (χ0n) is 12.4. The Morgan fingerprint density at radius 3 is 2.57 bits per heavy atom. The van der Waals surface area contributed by atoms with Crippen LogP contribution < -0.4 is 14.8 Å². The number of ether oxygens (including phenoxy) is 2. The van der Waals surface area contributed by atoms with Crippen LogP contribution in [0.2, 0.25) is 0 Å². The lowest BCUT2D eigenvalue weighted by Crippen LogP contribution is -2.16. The minimum absolute atomic E-state index is 0.171. The summed E-state index contributed by atoms with van der Waals surface area (Å²) < 4.78 is 10.2. The average molecular weight is 287 g/mol. The zero-order chi connectivity index (χ0) is 15.1. The van der Waals surface area contributed by atoms with E-state index in [9.17, 15) is 5.11 Å². The first-order chi connectivity index (χ1) is 10.2. The summed E-state index contributed by atoms with van der Waals surface area (Å²) in [4.78, 5) is 0. The normalized spacial score (nSPS) is 10.4. The zero-order valence-corrected chi connectivity index (χ0v) is 12.4. The van der Waals surface area contributed by atoms with Gasteiger partial charge in [0.2, 0.25) is 0 Å². The van der Waals surface area contributed by atoms with Crippen LogP contribution in [0.15, 0.2) is 42.5 Å². The van der Waals surface area contributed by atoms with Crippen molar-refractivity contribution in [2.24, 2.45) is 0 Å². The van der Waals surface area contributed by atoms with Gasteiger partial charge in [-0.25, -0.2) is 0 Å². The Kier molecular flexibility index (Phi) is 5.46. The predicted molar refractivity (Wildman–Crippen MR) is 83.1 cm³/mol. The van der Waals surface area contributed by atoms with Gasteiger partial charge in [0.05, 0.1) is 14.2 Å². The van der Waals surface area contributed by atoms with E-state index in [1.165, 1.54) is 5.56 Å². The van der Waals surface area contributed by atoms with Gasteiger partial charge in [-0.2, -0.15) is 0 Å². The molecule has 0 unspecified atom stereocenters. The fourth-order valence-electron chi connectivity index (χ4n) is 2.14. The second kappa shape index (κ2) is 7.55. The first-order valence-electron chi connectivity index (χ1n) is 6.92. The number of phenolic OH excluding ortho intramolecular Hbond substituents is 1. The molecule has 2 aromatic carbocycles. The Labute approximate surface area is 125 Å². The van der Waals surface area contributed by atoms with Crippen molar-refractivity contribution in [3.05, 3.63) is 53.6 Å². The summed E-state index contributed by atoms with van der Waals surface area (Å²) in [6.07, 6.45) is 0.930. The van der Waals surface area contributed by atoms with Crippen LogP contribution in [0.3, 0.4) is 0 Å². The maximum Gasteiger partial charge on any atom is 0.160 e. The molecule has 0 bridgehead atoms. The Morgan fingerprint density at radius 1 is 1.00 bits per heavy atom. The summed E-state index contributed by atoms with van der Waals surface area (Å²) in [6, 6.07) is 13.5. The number of nitrogens with one attached hydrogen (secondary N) is 1. The third-order valence-electron chi connectivity index (χ3n) is 3.30. The van der Waals surface area contributed by atoms with Crippen molar-refractivity contribution in [3.8, 4) is 17.2 Å². The van der Waals surface area contributed by atoms with Gasteiger partial charge in [0, 0.05) is 6.54 Å². The van der Waals surface area contributed by atoms with E-state index in [0.29, 0.717) is 12.3 Å². The highest BCUT2D eigenvalue weighted by Crippen LogP contribution is 2.26. The fraction of sp³-hybridized carbons (Fsp3) is 0.294. The van der Waals surface area contributed by atoms with E-state index in [1.54, 1.807) is 26.4 Å². The van der Waals surface area contributed by atoms with Gasteiger partial charge >= 0.3 is 0 Å². The van der Waals surface area contributed by atoms with Crippen molar-refractivity contribution in [2.75, 3.05) is 20.8 Å². The SMILES string of the molecule is COc1cccc(CCNCc2ccc(OC)c(O)c2)c1. The standard InChI is InChI=1S/C17H21NO3/c1-20-15-5-3-4-13(10-15)8-9-18-12-14-6-7-17(21-2)16(19)11-14/h3-7,10-11,18-19H,8-9,12H2,1-2H3. The Hall–Kier alpha value is -2.20. The van der Waals surface area contributed by atoms with Gasteiger partial charge in [-0.3, -0.25) is 0 Å². The van der Waals surface area contributed by atoms with Crippen LogP contribution in [0.5, 0.6) is 17.2 Å². The molecule has 0 spiro atoms. The molecule has 4 nitrogen and oxygen atoms in total. The average Bonchev–Trinajstić information content (AvgIpc) is 2.52.